The zero-order valence-electron chi connectivity index (χ0n) is 11.8. The van der Waals surface area contributed by atoms with E-state index in [4.69, 9.17) is 11.5 Å². The summed E-state index contributed by atoms with van der Waals surface area (Å²) < 4.78 is 42.2. The van der Waals surface area contributed by atoms with E-state index in [0.717, 1.165) is 6.07 Å². The van der Waals surface area contributed by atoms with Gasteiger partial charge in [0.1, 0.15) is 11.5 Å². The number of guanidine groups is 1. The monoisotopic (exact) mass is 374 g/mol. The molecule has 0 aliphatic heterocycles. The summed E-state index contributed by atoms with van der Waals surface area (Å²) in [7, 11) is 0. The van der Waals surface area contributed by atoms with Crippen LogP contribution in [-0.4, -0.2) is 21.6 Å². The lowest BCUT2D eigenvalue weighted by molar-refractivity contribution is 0.496. The summed E-state index contributed by atoms with van der Waals surface area (Å²) in [6, 6.07) is 1.21. The van der Waals surface area contributed by atoms with Gasteiger partial charge < -0.3 is 11.5 Å². The molecule has 11 heteroatoms. The highest BCUT2D eigenvalue weighted by Gasteiger charge is 2.19. The first-order chi connectivity index (χ1) is 11.0. The maximum atomic E-state index is 14.0. The molecule has 6 nitrogen and oxygen atoms in total. The van der Waals surface area contributed by atoms with E-state index in [2.05, 4.69) is 15.2 Å². The van der Waals surface area contributed by atoms with Crippen LogP contribution < -0.4 is 11.5 Å². The first-order valence-electron chi connectivity index (χ1n) is 6.20. The molecule has 3 rings (SSSR count). The van der Waals surface area contributed by atoms with Gasteiger partial charge in [0.25, 0.3) is 0 Å². The highest BCUT2D eigenvalue weighted by molar-refractivity contribution is 7.15. The van der Waals surface area contributed by atoms with Crippen molar-refractivity contribution in [3.63, 3.8) is 0 Å². The number of aromatic nitrogens is 2. The summed E-state index contributed by atoms with van der Waals surface area (Å²) in [6.07, 6.45) is 2.92. The highest BCUT2D eigenvalue weighted by Crippen LogP contribution is 2.29. The van der Waals surface area contributed by atoms with Crippen LogP contribution in [0.25, 0.3) is 16.2 Å². The number of hydrogen-bond donors (Lipinski definition) is 2. The molecule has 2 heterocycles. The van der Waals surface area contributed by atoms with Crippen molar-refractivity contribution in [2.45, 2.75) is 0 Å². The van der Waals surface area contributed by atoms with Crippen molar-refractivity contribution in [3.8, 4) is 11.3 Å². The van der Waals surface area contributed by atoms with Crippen LogP contribution in [0.15, 0.2) is 33.9 Å². The number of imidazole rings is 1. The van der Waals surface area contributed by atoms with E-state index < -0.39 is 17.5 Å². The van der Waals surface area contributed by atoms with E-state index in [0.29, 0.717) is 16.7 Å². The molecule has 0 bridgehead atoms. The van der Waals surface area contributed by atoms with Gasteiger partial charge in [0, 0.05) is 23.2 Å². The van der Waals surface area contributed by atoms with Gasteiger partial charge in [-0.25, -0.2) is 18.2 Å². The molecule has 0 saturated heterocycles. The highest BCUT2D eigenvalue weighted by atomic mass is 35.5. The first kappa shape index (κ1) is 17.8. The number of nitrogens with two attached hydrogens (primary N) is 2. The Balaban J connectivity index is 0.00000208. The predicted molar refractivity (Wildman–Crippen MR) is 89.0 cm³/mol. The molecule has 0 aliphatic rings. The van der Waals surface area contributed by atoms with E-state index in [-0.39, 0.29) is 29.6 Å². The Bertz CT molecular complexity index is 945. The van der Waals surface area contributed by atoms with Crippen molar-refractivity contribution < 1.29 is 13.2 Å². The van der Waals surface area contributed by atoms with E-state index >= 15 is 0 Å². The summed E-state index contributed by atoms with van der Waals surface area (Å²) in [5.41, 5.74) is 10.6. The Kier molecular flexibility index (Phi) is 5.10. The van der Waals surface area contributed by atoms with Gasteiger partial charge in [0.15, 0.2) is 16.6 Å². The number of rotatable bonds is 3. The fraction of sp³-hybridized carbons (Fsp3) is 0. The molecular formula is C13H10ClF3N6S. The van der Waals surface area contributed by atoms with Gasteiger partial charge in [0.05, 0.1) is 11.9 Å². The minimum atomic E-state index is -1.28. The SMILES string of the molecule is Cl.NC(N)=N/N=C\c1c(-c2cc(F)c(F)cc2F)nc2sccn12. The Hall–Kier alpha value is -2.59. The van der Waals surface area contributed by atoms with Crippen molar-refractivity contribution in [3.05, 3.63) is 46.9 Å². The molecule has 0 saturated carbocycles. The van der Waals surface area contributed by atoms with Gasteiger partial charge in [-0.1, -0.05) is 0 Å². The normalized spacial score (nSPS) is 11.0. The standard InChI is InChI=1S/C13H9F3N6S.ClH/c14-7-4-9(16)8(15)3-6(7)11-10(5-19-21-12(17)18)22-1-2-23-13(22)20-11;/h1-5H,(H4,17,18,21);1H/b19-5-;. The molecule has 3 aromatic rings. The lowest BCUT2D eigenvalue weighted by Gasteiger charge is -2.03. The summed E-state index contributed by atoms with van der Waals surface area (Å²) in [5, 5.41) is 8.88. The second-order valence-corrected chi connectivity index (χ2v) is 5.29. The van der Waals surface area contributed by atoms with E-state index in [1.54, 1.807) is 16.0 Å². The first-order valence-corrected chi connectivity index (χ1v) is 7.07. The average molecular weight is 375 g/mol. The van der Waals surface area contributed by atoms with Crippen LogP contribution in [-0.2, 0) is 0 Å². The second-order valence-electron chi connectivity index (χ2n) is 4.42. The minimum absolute atomic E-state index is 0. The second kappa shape index (κ2) is 6.89. The predicted octanol–water partition coefficient (Wildman–Crippen LogP) is 2.51. The molecule has 0 aliphatic carbocycles. The summed E-state index contributed by atoms with van der Waals surface area (Å²) in [6.45, 7) is 0. The van der Waals surface area contributed by atoms with Crippen molar-refractivity contribution in [2.24, 2.45) is 21.7 Å². The molecular weight excluding hydrogens is 365 g/mol. The van der Waals surface area contributed by atoms with E-state index in [1.807, 2.05) is 0 Å². The van der Waals surface area contributed by atoms with E-state index in [1.165, 1.54) is 17.6 Å². The molecule has 0 fully saturated rings. The fourth-order valence-electron chi connectivity index (χ4n) is 1.98. The van der Waals surface area contributed by atoms with Crippen LogP contribution in [0.2, 0.25) is 0 Å². The number of thiazole rings is 1. The van der Waals surface area contributed by atoms with Crippen LogP contribution >= 0.6 is 23.7 Å². The Morgan fingerprint density at radius 1 is 1.17 bits per heavy atom. The van der Waals surface area contributed by atoms with Crippen molar-refractivity contribution in [1.29, 1.82) is 0 Å². The molecule has 0 radical (unpaired) electrons. The smallest absolute Gasteiger partial charge is 0.211 e. The van der Waals surface area contributed by atoms with Crippen LogP contribution in [0.3, 0.4) is 0 Å². The molecule has 4 N–H and O–H groups in total. The Morgan fingerprint density at radius 3 is 2.58 bits per heavy atom. The van der Waals surface area contributed by atoms with Crippen LogP contribution in [0.5, 0.6) is 0 Å². The number of benzene rings is 1. The van der Waals surface area contributed by atoms with Gasteiger partial charge in [0.2, 0.25) is 5.96 Å². The number of halogens is 4. The molecule has 0 unspecified atom stereocenters. The number of fused-ring (bicyclic) bond motifs is 1. The molecule has 0 atom stereocenters. The molecule has 24 heavy (non-hydrogen) atoms. The van der Waals surface area contributed by atoms with Crippen molar-refractivity contribution in [2.75, 3.05) is 0 Å². The zero-order chi connectivity index (χ0) is 16.6. The van der Waals surface area contributed by atoms with Gasteiger partial charge >= 0.3 is 0 Å². The van der Waals surface area contributed by atoms with Crippen LogP contribution in [0, 0.1) is 17.5 Å². The van der Waals surface area contributed by atoms with Crippen molar-refractivity contribution >= 4 is 40.9 Å². The quantitative estimate of drug-likeness (QED) is 0.319. The van der Waals surface area contributed by atoms with Gasteiger partial charge in [-0.15, -0.1) is 28.8 Å². The Labute approximate surface area is 143 Å². The largest absolute Gasteiger partial charge is 0.369 e. The summed E-state index contributed by atoms with van der Waals surface area (Å²) >= 11 is 1.28. The number of nitrogens with zero attached hydrogens (tertiary/aromatic N) is 4. The average Bonchev–Trinajstić information content (AvgIpc) is 3.05. The van der Waals surface area contributed by atoms with Crippen molar-refractivity contribution in [1.82, 2.24) is 9.38 Å². The molecule has 1 aromatic carbocycles. The third-order valence-corrected chi connectivity index (χ3v) is 3.67. The lowest BCUT2D eigenvalue weighted by atomic mass is 10.1. The molecule has 0 amide bonds. The molecule has 2 aromatic heterocycles. The van der Waals surface area contributed by atoms with Gasteiger partial charge in [-0.2, -0.15) is 5.10 Å². The molecule has 126 valence electrons. The topological polar surface area (TPSA) is 94.1 Å². The zero-order valence-corrected chi connectivity index (χ0v) is 13.4. The lowest BCUT2D eigenvalue weighted by Crippen LogP contribution is -2.21. The van der Waals surface area contributed by atoms with E-state index in [9.17, 15) is 13.2 Å². The van der Waals surface area contributed by atoms with Gasteiger partial charge in [-0.05, 0) is 6.07 Å². The van der Waals surface area contributed by atoms with Crippen LogP contribution in [0.1, 0.15) is 5.69 Å². The maximum absolute atomic E-state index is 14.0. The van der Waals surface area contributed by atoms with Crippen LogP contribution in [0.4, 0.5) is 13.2 Å². The summed E-state index contributed by atoms with van der Waals surface area (Å²) in [5.74, 6) is -3.65. The molecule has 0 spiro atoms. The number of hydrogen-bond acceptors (Lipinski definition) is 4. The third-order valence-electron chi connectivity index (χ3n) is 2.92. The third kappa shape index (κ3) is 3.19. The minimum Gasteiger partial charge on any atom is -0.369 e. The van der Waals surface area contributed by atoms with Gasteiger partial charge in [-0.3, -0.25) is 4.40 Å². The summed E-state index contributed by atoms with van der Waals surface area (Å²) in [4.78, 5) is 4.75. The Morgan fingerprint density at radius 2 is 1.88 bits per heavy atom. The fourth-order valence-corrected chi connectivity index (χ4v) is 2.70. The maximum Gasteiger partial charge on any atom is 0.211 e.